The number of amides is 1. The van der Waals surface area contributed by atoms with E-state index in [1.165, 1.54) is 6.42 Å². The molecule has 0 radical (unpaired) electrons. The lowest BCUT2D eigenvalue weighted by molar-refractivity contribution is -0.124. The molecule has 16 heavy (non-hydrogen) atoms. The van der Waals surface area contributed by atoms with E-state index in [-0.39, 0.29) is 5.91 Å². The third kappa shape index (κ3) is 3.76. The monoisotopic (exact) mass is 228 g/mol. The summed E-state index contributed by atoms with van der Waals surface area (Å²) in [5.74, 6) is 0.379. The fraction of sp³-hybridized carbons (Fsp3) is 0.917. The highest BCUT2D eigenvalue weighted by molar-refractivity contribution is 5.81. The standard InChI is InChI=1S/C12H24N2O2/c1-3-10(13)11(15)14-8-12(16)6-4-5-9(2)7-12/h9-10,16H,3-8,13H2,1-2H3,(H,14,15). The molecule has 0 heterocycles. The van der Waals surface area contributed by atoms with Crippen molar-refractivity contribution in [2.24, 2.45) is 11.7 Å². The maximum Gasteiger partial charge on any atom is 0.237 e. The summed E-state index contributed by atoms with van der Waals surface area (Å²) in [6.45, 7) is 4.36. The van der Waals surface area contributed by atoms with Gasteiger partial charge in [-0.3, -0.25) is 4.79 Å². The van der Waals surface area contributed by atoms with Crippen molar-refractivity contribution in [2.45, 2.75) is 57.6 Å². The van der Waals surface area contributed by atoms with Gasteiger partial charge in [0, 0.05) is 6.54 Å². The Kier molecular flexibility index (Phi) is 4.74. The average molecular weight is 228 g/mol. The summed E-state index contributed by atoms with van der Waals surface area (Å²) >= 11 is 0. The zero-order valence-electron chi connectivity index (χ0n) is 10.3. The number of hydrogen-bond donors (Lipinski definition) is 3. The van der Waals surface area contributed by atoms with E-state index in [1.54, 1.807) is 0 Å². The summed E-state index contributed by atoms with van der Waals surface area (Å²) in [5, 5.41) is 13.0. The van der Waals surface area contributed by atoms with Crippen molar-refractivity contribution < 1.29 is 9.90 Å². The molecular formula is C12H24N2O2. The van der Waals surface area contributed by atoms with Gasteiger partial charge in [0.05, 0.1) is 11.6 Å². The van der Waals surface area contributed by atoms with Gasteiger partial charge in [0.2, 0.25) is 5.91 Å². The number of nitrogens with one attached hydrogen (secondary N) is 1. The van der Waals surface area contributed by atoms with E-state index in [0.29, 0.717) is 18.9 Å². The van der Waals surface area contributed by atoms with Crippen LogP contribution in [0.25, 0.3) is 0 Å². The number of nitrogens with two attached hydrogens (primary N) is 1. The summed E-state index contributed by atoms with van der Waals surface area (Å²) in [4.78, 5) is 11.5. The fourth-order valence-electron chi connectivity index (χ4n) is 2.36. The van der Waals surface area contributed by atoms with Crippen LogP contribution in [-0.4, -0.2) is 29.2 Å². The molecule has 1 amide bonds. The van der Waals surface area contributed by atoms with Crippen LogP contribution in [0.1, 0.15) is 46.0 Å². The summed E-state index contributed by atoms with van der Waals surface area (Å²) < 4.78 is 0. The molecule has 0 bridgehead atoms. The maximum absolute atomic E-state index is 11.5. The Balaban J connectivity index is 2.38. The van der Waals surface area contributed by atoms with E-state index in [9.17, 15) is 9.90 Å². The Labute approximate surface area is 97.6 Å². The molecule has 1 aliphatic carbocycles. The first-order valence-electron chi connectivity index (χ1n) is 6.22. The van der Waals surface area contributed by atoms with Crippen LogP contribution in [0.15, 0.2) is 0 Å². The highest BCUT2D eigenvalue weighted by atomic mass is 16.3. The van der Waals surface area contributed by atoms with Gasteiger partial charge in [-0.15, -0.1) is 0 Å². The molecule has 0 saturated heterocycles. The van der Waals surface area contributed by atoms with Crippen molar-refractivity contribution in [1.29, 1.82) is 0 Å². The lowest BCUT2D eigenvalue weighted by atomic mass is 9.79. The molecule has 4 heteroatoms. The molecule has 3 atom stereocenters. The van der Waals surface area contributed by atoms with Gasteiger partial charge in [0.15, 0.2) is 0 Å². The topological polar surface area (TPSA) is 75.4 Å². The molecule has 0 aromatic rings. The number of rotatable bonds is 4. The Morgan fingerprint density at radius 3 is 2.94 bits per heavy atom. The van der Waals surface area contributed by atoms with E-state index in [4.69, 9.17) is 5.73 Å². The quantitative estimate of drug-likeness (QED) is 0.665. The fourth-order valence-corrected chi connectivity index (χ4v) is 2.36. The molecule has 4 N–H and O–H groups in total. The minimum Gasteiger partial charge on any atom is -0.388 e. The number of carbonyl (C=O) groups excluding carboxylic acids is 1. The first-order valence-corrected chi connectivity index (χ1v) is 6.22. The van der Waals surface area contributed by atoms with Crippen molar-refractivity contribution >= 4 is 5.91 Å². The molecule has 3 unspecified atom stereocenters. The molecule has 1 fully saturated rings. The van der Waals surface area contributed by atoms with Crippen molar-refractivity contribution in [2.75, 3.05) is 6.54 Å². The summed E-state index contributed by atoms with van der Waals surface area (Å²) in [6.07, 6.45) is 4.38. The van der Waals surface area contributed by atoms with Gasteiger partial charge in [-0.1, -0.05) is 26.7 Å². The zero-order valence-corrected chi connectivity index (χ0v) is 10.3. The van der Waals surface area contributed by atoms with Crippen LogP contribution >= 0.6 is 0 Å². The Morgan fingerprint density at radius 2 is 2.38 bits per heavy atom. The van der Waals surface area contributed by atoms with E-state index >= 15 is 0 Å². The van der Waals surface area contributed by atoms with E-state index in [0.717, 1.165) is 19.3 Å². The van der Waals surface area contributed by atoms with Crippen LogP contribution in [0.5, 0.6) is 0 Å². The summed E-state index contributed by atoms with van der Waals surface area (Å²) in [5.41, 5.74) is 4.89. The lowest BCUT2D eigenvalue weighted by Gasteiger charge is -2.35. The molecule has 0 aliphatic heterocycles. The largest absolute Gasteiger partial charge is 0.388 e. The molecule has 0 aromatic heterocycles. The Hall–Kier alpha value is -0.610. The lowest BCUT2D eigenvalue weighted by Crippen LogP contribution is -2.49. The van der Waals surface area contributed by atoms with Gasteiger partial charge < -0.3 is 16.2 Å². The second-order valence-electron chi connectivity index (χ2n) is 5.16. The molecule has 1 aliphatic rings. The van der Waals surface area contributed by atoms with Gasteiger partial charge in [-0.05, 0) is 25.2 Å². The van der Waals surface area contributed by atoms with Crippen LogP contribution in [0, 0.1) is 5.92 Å². The van der Waals surface area contributed by atoms with E-state index in [1.807, 2.05) is 6.92 Å². The molecule has 1 rings (SSSR count). The minimum absolute atomic E-state index is 0.158. The summed E-state index contributed by atoms with van der Waals surface area (Å²) in [7, 11) is 0. The summed E-state index contributed by atoms with van der Waals surface area (Å²) in [6, 6.07) is -0.454. The normalized spacial score (nSPS) is 32.1. The molecule has 1 saturated carbocycles. The highest BCUT2D eigenvalue weighted by Crippen LogP contribution is 2.31. The maximum atomic E-state index is 11.5. The van der Waals surface area contributed by atoms with E-state index < -0.39 is 11.6 Å². The number of hydrogen-bond acceptors (Lipinski definition) is 3. The van der Waals surface area contributed by atoms with Crippen LogP contribution in [0.4, 0.5) is 0 Å². The average Bonchev–Trinajstić information content (AvgIpc) is 2.24. The molecule has 0 aromatic carbocycles. The first kappa shape index (κ1) is 13.5. The smallest absolute Gasteiger partial charge is 0.237 e. The predicted molar refractivity (Wildman–Crippen MR) is 63.9 cm³/mol. The molecular weight excluding hydrogens is 204 g/mol. The Bertz CT molecular complexity index is 245. The van der Waals surface area contributed by atoms with Gasteiger partial charge in [-0.2, -0.15) is 0 Å². The van der Waals surface area contributed by atoms with Crippen LogP contribution in [-0.2, 0) is 4.79 Å². The molecule has 4 nitrogen and oxygen atoms in total. The van der Waals surface area contributed by atoms with Crippen LogP contribution < -0.4 is 11.1 Å². The SMILES string of the molecule is CCC(N)C(=O)NCC1(O)CCCC(C)C1. The zero-order chi connectivity index (χ0) is 12.2. The molecule has 0 spiro atoms. The predicted octanol–water partition coefficient (Wildman–Crippen LogP) is 0.781. The Morgan fingerprint density at radius 1 is 1.69 bits per heavy atom. The van der Waals surface area contributed by atoms with Crippen molar-refractivity contribution in [3.05, 3.63) is 0 Å². The van der Waals surface area contributed by atoms with Crippen LogP contribution in [0.2, 0.25) is 0 Å². The number of carbonyl (C=O) groups is 1. The van der Waals surface area contributed by atoms with E-state index in [2.05, 4.69) is 12.2 Å². The second kappa shape index (κ2) is 5.64. The van der Waals surface area contributed by atoms with Crippen molar-refractivity contribution in [3.8, 4) is 0 Å². The molecule has 94 valence electrons. The third-order valence-electron chi connectivity index (χ3n) is 3.44. The second-order valence-corrected chi connectivity index (χ2v) is 5.16. The number of aliphatic hydroxyl groups is 1. The van der Waals surface area contributed by atoms with Crippen molar-refractivity contribution in [3.63, 3.8) is 0 Å². The first-order chi connectivity index (χ1) is 7.47. The minimum atomic E-state index is -0.721. The van der Waals surface area contributed by atoms with Crippen LogP contribution in [0.3, 0.4) is 0 Å². The van der Waals surface area contributed by atoms with Gasteiger partial charge in [0.25, 0.3) is 0 Å². The van der Waals surface area contributed by atoms with Gasteiger partial charge in [0.1, 0.15) is 0 Å². The van der Waals surface area contributed by atoms with Gasteiger partial charge >= 0.3 is 0 Å². The highest BCUT2D eigenvalue weighted by Gasteiger charge is 2.33. The third-order valence-corrected chi connectivity index (χ3v) is 3.44. The van der Waals surface area contributed by atoms with Crippen molar-refractivity contribution in [1.82, 2.24) is 5.32 Å². The van der Waals surface area contributed by atoms with Gasteiger partial charge in [-0.25, -0.2) is 0 Å².